The topological polar surface area (TPSA) is 86.6 Å². The average Bonchev–Trinajstić information content (AvgIpc) is 3.78. The van der Waals surface area contributed by atoms with Crippen molar-refractivity contribution in [3.63, 3.8) is 0 Å². The van der Waals surface area contributed by atoms with Crippen molar-refractivity contribution < 1.29 is 18.6 Å². The van der Waals surface area contributed by atoms with Crippen molar-refractivity contribution >= 4 is 27.5 Å². The van der Waals surface area contributed by atoms with Crippen molar-refractivity contribution in [2.45, 2.75) is 80.7 Å². The zero-order chi connectivity index (χ0) is 31.2. The molecule has 1 aliphatic carbocycles. The number of aromatic nitrogens is 3. The molecule has 9 rings (SSSR count). The number of halogens is 2. The third-order valence-corrected chi connectivity index (χ3v) is 11.3. The number of alkyl halides is 1. The first kappa shape index (κ1) is 28.2. The van der Waals surface area contributed by atoms with Crippen LogP contribution in [0.15, 0.2) is 36.5 Å². The van der Waals surface area contributed by atoms with Crippen molar-refractivity contribution in [3.8, 4) is 35.4 Å². The normalized spacial score (nSPS) is 30.2. The van der Waals surface area contributed by atoms with Gasteiger partial charge in [0, 0.05) is 60.3 Å². The van der Waals surface area contributed by atoms with Gasteiger partial charge in [-0.25, -0.2) is 8.78 Å². The fraction of sp³-hybridized carbons (Fsp3) is 0.472. The Bertz CT molecular complexity index is 1940. The van der Waals surface area contributed by atoms with Crippen LogP contribution in [-0.2, 0) is 0 Å². The van der Waals surface area contributed by atoms with E-state index in [1.807, 2.05) is 12.1 Å². The standard InChI is InChI=1S/C36H36F2N6O2/c1-2-21-6-3-7-22-14-25(45)15-26(29(21)22)31-30(37)32-27(16-39-31)33(43-17-23-9-10-24(18-43)40-23)42-34(41-32)46-20-35-11-5-13-44(35)28-8-4-12-36(28,38)19-35/h1,3,6-7,14-16,23-24,28,40,45H,4-5,8-13,17-20H2/t23?,24?,28-,35+,36+/m0/s1. The van der Waals surface area contributed by atoms with Crippen LogP contribution in [0.1, 0.15) is 56.9 Å². The second kappa shape index (κ2) is 10.2. The summed E-state index contributed by atoms with van der Waals surface area (Å²) >= 11 is 0. The third kappa shape index (κ3) is 4.21. The minimum Gasteiger partial charge on any atom is -0.508 e. The molecular weight excluding hydrogens is 586 g/mol. The van der Waals surface area contributed by atoms with Crippen molar-refractivity contribution in [1.82, 2.24) is 25.2 Å². The summed E-state index contributed by atoms with van der Waals surface area (Å²) in [4.78, 5) is 18.7. The summed E-state index contributed by atoms with van der Waals surface area (Å²) in [5, 5.41) is 16.0. The molecule has 10 heteroatoms. The van der Waals surface area contributed by atoms with Crippen molar-refractivity contribution in [3.05, 3.63) is 47.9 Å². The number of piperazine rings is 1. The fourth-order valence-electron chi connectivity index (χ4n) is 9.45. The number of nitrogens with one attached hydrogen (secondary N) is 1. The molecule has 5 atom stereocenters. The van der Waals surface area contributed by atoms with E-state index in [2.05, 4.69) is 31.0 Å². The van der Waals surface area contributed by atoms with E-state index in [-0.39, 0.29) is 35.6 Å². The lowest BCUT2D eigenvalue weighted by Gasteiger charge is -2.35. The smallest absolute Gasteiger partial charge is 0.319 e. The van der Waals surface area contributed by atoms with Gasteiger partial charge in [-0.2, -0.15) is 9.97 Å². The van der Waals surface area contributed by atoms with E-state index in [4.69, 9.17) is 16.1 Å². The Labute approximate surface area is 266 Å². The van der Waals surface area contributed by atoms with E-state index >= 15 is 8.78 Å². The second-order valence-electron chi connectivity index (χ2n) is 14.0. The van der Waals surface area contributed by atoms with Crippen LogP contribution >= 0.6 is 0 Å². The number of hydrogen-bond acceptors (Lipinski definition) is 8. The number of phenolic OH excluding ortho intramolecular Hbond substituents is 1. The van der Waals surface area contributed by atoms with E-state index in [1.165, 1.54) is 6.07 Å². The summed E-state index contributed by atoms with van der Waals surface area (Å²) in [5.41, 5.74) is -0.484. The molecule has 2 bridgehead atoms. The van der Waals surface area contributed by atoms with Gasteiger partial charge in [0.05, 0.1) is 10.9 Å². The summed E-state index contributed by atoms with van der Waals surface area (Å²) < 4.78 is 39.3. The van der Waals surface area contributed by atoms with E-state index in [0.717, 1.165) is 58.2 Å². The first-order valence-corrected chi connectivity index (χ1v) is 16.5. The maximum atomic E-state index is 16.9. The lowest BCUT2D eigenvalue weighted by Crippen LogP contribution is -2.51. The van der Waals surface area contributed by atoms with Gasteiger partial charge in [-0.05, 0) is 75.1 Å². The molecule has 236 valence electrons. The predicted octanol–water partition coefficient (Wildman–Crippen LogP) is 5.49. The number of benzene rings is 2. The van der Waals surface area contributed by atoms with Gasteiger partial charge in [0.25, 0.3) is 0 Å². The molecule has 0 radical (unpaired) electrons. The Balaban J connectivity index is 1.16. The van der Waals surface area contributed by atoms with Crippen LogP contribution in [0, 0.1) is 18.2 Å². The number of terminal acetylenes is 1. The van der Waals surface area contributed by atoms with Gasteiger partial charge in [0.15, 0.2) is 5.82 Å². The SMILES string of the molecule is C#Cc1cccc2cc(O)cc(-c3ncc4c(N5CC6CCC(C5)N6)nc(OC[C@]56CCCN5[C@H]5CCC[C@@]5(F)C6)nc4c3F)c12. The molecule has 0 amide bonds. The van der Waals surface area contributed by atoms with Crippen LogP contribution in [0.2, 0.25) is 0 Å². The van der Waals surface area contributed by atoms with Crippen LogP contribution in [0.25, 0.3) is 32.9 Å². The monoisotopic (exact) mass is 622 g/mol. The molecule has 5 fully saturated rings. The summed E-state index contributed by atoms with van der Waals surface area (Å²) in [6, 6.07) is 9.21. The third-order valence-electron chi connectivity index (χ3n) is 11.3. The fourth-order valence-corrected chi connectivity index (χ4v) is 9.45. The zero-order valence-electron chi connectivity index (χ0n) is 25.6. The van der Waals surface area contributed by atoms with Gasteiger partial charge in [-0.3, -0.25) is 9.88 Å². The van der Waals surface area contributed by atoms with Crippen molar-refractivity contribution in [2.24, 2.45) is 0 Å². The zero-order valence-corrected chi connectivity index (χ0v) is 25.6. The first-order chi connectivity index (χ1) is 22.3. The number of anilines is 1. The second-order valence-corrected chi connectivity index (χ2v) is 14.0. The highest BCUT2D eigenvalue weighted by Crippen LogP contribution is 2.55. The number of pyridine rings is 1. The summed E-state index contributed by atoms with van der Waals surface area (Å²) in [7, 11) is 0. The number of fused-ring (bicyclic) bond motifs is 7. The van der Waals surface area contributed by atoms with Crippen LogP contribution < -0.4 is 15.0 Å². The minimum atomic E-state index is -1.17. The maximum absolute atomic E-state index is 16.9. The Kier molecular flexibility index (Phi) is 6.26. The lowest BCUT2D eigenvalue weighted by molar-refractivity contribution is 0.0811. The highest BCUT2D eigenvalue weighted by atomic mass is 19.1. The maximum Gasteiger partial charge on any atom is 0.319 e. The molecule has 0 spiro atoms. The Hall–Kier alpha value is -4.07. The highest BCUT2D eigenvalue weighted by Gasteiger charge is 2.63. The summed E-state index contributed by atoms with van der Waals surface area (Å²) in [6.45, 7) is 2.60. The van der Waals surface area contributed by atoms with Crippen LogP contribution in [0.5, 0.6) is 11.8 Å². The Morgan fingerprint density at radius 1 is 1.11 bits per heavy atom. The quantitative estimate of drug-likeness (QED) is 0.283. The minimum absolute atomic E-state index is 0.0194. The molecule has 4 aliphatic heterocycles. The van der Waals surface area contributed by atoms with Gasteiger partial charge in [-0.15, -0.1) is 6.42 Å². The van der Waals surface area contributed by atoms with E-state index < -0.39 is 17.0 Å². The Morgan fingerprint density at radius 2 is 1.96 bits per heavy atom. The summed E-state index contributed by atoms with van der Waals surface area (Å²) in [6.07, 6.45) is 14.3. The molecular formula is C36H36F2N6O2. The molecule has 2 unspecified atom stereocenters. The van der Waals surface area contributed by atoms with E-state index in [9.17, 15) is 5.11 Å². The van der Waals surface area contributed by atoms with Gasteiger partial charge in [-0.1, -0.05) is 18.1 Å². The molecule has 8 nitrogen and oxygen atoms in total. The number of ether oxygens (including phenoxy) is 1. The van der Waals surface area contributed by atoms with Gasteiger partial charge < -0.3 is 20.1 Å². The Morgan fingerprint density at radius 3 is 2.78 bits per heavy atom. The van der Waals surface area contributed by atoms with Crippen molar-refractivity contribution in [2.75, 3.05) is 31.1 Å². The molecule has 1 saturated carbocycles. The van der Waals surface area contributed by atoms with Gasteiger partial charge >= 0.3 is 6.01 Å². The van der Waals surface area contributed by atoms with Crippen LogP contribution in [0.4, 0.5) is 14.6 Å². The number of phenols is 1. The highest BCUT2D eigenvalue weighted by molar-refractivity contribution is 6.02. The van der Waals surface area contributed by atoms with Gasteiger partial charge in [0.1, 0.15) is 35.1 Å². The van der Waals surface area contributed by atoms with E-state index in [1.54, 1.807) is 18.3 Å². The molecule has 2 aromatic heterocycles. The molecule has 2 aromatic carbocycles. The molecule has 46 heavy (non-hydrogen) atoms. The largest absolute Gasteiger partial charge is 0.508 e. The lowest BCUT2D eigenvalue weighted by atomic mass is 9.88. The number of nitrogens with zero attached hydrogens (tertiary/aromatic N) is 5. The molecule has 6 heterocycles. The van der Waals surface area contributed by atoms with Crippen LogP contribution in [0.3, 0.4) is 0 Å². The molecule has 4 saturated heterocycles. The average molecular weight is 623 g/mol. The number of aromatic hydroxyl groups is 1. The van der Waals surface area contributed by atoms with Crippen molar-refractivity contribution in [1.29, 1.82) is 0 Å². The first-order valence-electron chi connectivity index (χ1n) is 16.5. The number of hydrogen-bond donors (Lipinski definition) is 2. The molecule has 2 N–H and O–H groups in total. The molecule has 4 aromatic rings. The summed E-state index contributed by atoms with van der Waals surface area (Å²) in [5.74, 6) is 2.62. The number of rotatable bonds is 5. The van der Waals surface area contributed by atoms with Crippen LogP contribution in [-0.4, -0.2) is 80.5 Å². The predicted molar refractivity (Wildman–Crippen MR) is 172 cm³/mol. The molecule has 5 aliphatic rings. The van der Waals surface area contributed by atoms with Gasteiger partial charge in [0.2, 0.25) is 0 Å². The van der Waals surface area contributed by atoms with E-state index in [0.29, 0.717) is 58.0 Å².